The Bertz CT molecular complexity index is 745. The van der Waals surface area contributed by atoms with Gasteiger partial charge in [0.1, 0.15) is 10.3 Å². The first-order valence-corrected chi connectivity index (χ1v) is 8.20. The smallest absolute Gasteiger partial charge is 0.249 e. The second-order valence-electron chi connectivity index (χ2n) is 6.05. The molecule has 2 heterocycles. The van der Waals surface area contributed by atoms with Gasteiger partial charge in [0.2, 0.25) is 5.95 Å². The van der Waals surface area contributed by atoms with Gasteiger partial charge in [-0.05, 0) is 26.7 Å². The molecule has 2 aromatic heterocycles. The fourth-order valence-corrected chi connectivity index (χ4v) is 3.45. The van der Waals surface area contributed by atoms with Gasteiger partial charge in [0.15, 0.2) is 0 Å². The highest BCUT2D eigenvalue weighted by Crippen LogP contribution is 2.31. The van der Waals surface area contributed by atoms with Crippen LogP contribution in [0.25, 0.3) is 0 Å². The molecule has 0 saturated heterocycles. The molecule has 0 aromatic carbocycles. The van der Waals surface area contributed by atoms with Crippen LogP contribution < -0.4 is 0 Å². The molecule has 2 aromatic rings. The molecule has 0 atom stereocenters. The zero-order valence-corrected chi connectivity index (χ0v) is 14.2. The van der Waals surface area contributed by atoms with Crippen LogP contribution >= 0.6 is 12.2 Å². The van der Waals surface area contributed by atoms with Gasteiger partial charge in [0, 0.05) is 13.2 Å². The monoisotopic (exact) mass is 318 g/mol. The van der Waals surface area contributed by atoms with Crippen molar-refractivity contribution in [2.75, 3.05) is 0 Å². The van der Waals surface area contributed by atoms with Crippen molar-refractivity contribution >= 4 is 23.9 Å². The minimum absolute atomic E-state index is 0.472. The number of nitrogens with zero attached hydrogens (tertiary/aromatic N) is 5. The van der Waals surface area contributed by atoms with Crippen molar-refractivity contribution in [3.8, 4) is 0 Å². The zero-order valence-electron chi connectivity index (χ0n) is 13.3. The van der Waals surface area contributed by atoms with Gasteiger partial charge in [-0.3, -0.25) is 9.78 Å². The summed E-state index contributed by atoms with van der Waals surface area (Å²) < 4.78 is 4.71. The summed E-state index contributed by atoms with van der Waals surface area (Å²) in [6.07, 6.45) is 8.17. The SMILES string of the molecule is Cc1cn(C)c(N=Nc2c(C)[nH]n(C3CCCCC3)c2=S)n1. The molecule has 1 aliphatic carbocycles. The predicted molar refractivity (Wildman–Crippen MR) is 88.6 cm³/mol. The number of hydrogen-bond acceptors (Lipinski definition) is 4. The van der Waals surface area contributed by atoms with E-state index in [9.17, 15) is 0 Å². The van der Waals surface area contributed by atoms with Crippen LogP contribution in [0.1, 0.15) is 49.5 Å². The van der Waals surface area contributed by atoms with Gasteiger partial charge in [-0.1, -0.05) is 31.5 Å². The first-order valence-electron chi connectivity index (χ1n) is 7.79. The second-order valence-corrected chi connectivity index (χ2v) is 6.43. The lowest BCUT2D eigenvalue weighted by Crippen LogP contribution is -2.14. The molecule has 0 radical (unpaired) electrons. The number of aryl methyl sites for hydroxylation is 3. The Balaban J connectivity index is 1.89. The van der Waals surface area contributed by atoms with Gasteiger partial charge in [-0.15, -0.1) is 10.2 Å². The van der Waals surface area contributed by atoms with E-state index in [1.165, 1.54) is 32.1 Å². The van der Waals surface area contributed by atoms with E-state index in [1.54, 1.807) is 0 Å². The van der Waals surface area contributed by atoms with Crippen molar-refractivity contribution in [1.29, 1.82) is 0 Å². The summed E-state index contributed by atoms with van der Waals surface area (Å²) in [4.78, 5) is 4.33. The lowest BCUT2D eigenvalue weighted by molar-refractivity contribution is 0.326. The fourth-order valence-electron chi connectivity index (χ4n) is 3.06. The Hall–Kier alpha value is -1.76. The van der Waals surface area contributed by atoms with E-state index in [1.807, 2.05) is 31.7 Å². The van der Waals surface area contributed by atoms with Crippen LogP contribution in [0.15, 0.2) is 16.4 Å². The van der Waals surface area contributed by atoms with Crippen molar-refractivity contribution in [1.82, 2.24) is 19.3 Å². The largest absolute Gasteiger partial charge is 0.317 e. The molecular weight excluding hydrogens is 296 g/mol. The molecule has 0 bridgehead atoms. The Morgan fingerprint density at radius 2 is 1.95 bits per heavy atom. The number of aromatic nitrogens is 4. The maximum absolute atomic E-state index is 5.60. The molecular formula is C15H22N6S. The molecule has 0 unspecified atom stereocenters. The van der Waals surface area contributed by atoms with Crippen molar-refractivity contribution in [2.45, 2.75) is 52.0 Å². The normalized spacial score (nSPS) is 16.7. The Morgan fingerprint density at radius 3 is 2.59 bits per heavy atom. The Morgan fingerprint density at radius 1 is 1.23 bits per heavy atom. The van der Waals surface area contributed by atoms with E-state index in [0.29, 0.717) is 12.0 Å². The van der Waals surface area contributed by atoms with E-state index in [-0.39, 0.29) is 0 Å². The van der Waals surface area contributed by atoms with E-state index >= 15 is 0 Å². The van der Waals surface area contributed by atoms with Gasteiger partial charge in [0.25, 0.3) is 0 Å². The fraction of sp³-hybridized carbons (Fsp3) is 0.600. The molecule has 0 amide bonds. The standard InChI is InChI=1S/C15H22N6S/c1-10-9-20(3)15(16-10)18-17-13-11(2)19-21(14(13)22)12-7-5-4-6-8-12/h9,12,19H,4-8H2,1-3H3. The van der Waals surface area contributed by atoms with Gasteiger partial charge >= 0.3 is 0 Å². The third-order valence-corrected chi connectivity index (χ3v) is 4.61. The average Bonchev–Trinajstić information content (AvgIpc) is 2.97. The summed E-state index contributed by atoms with van der Waals surface area (Å²) in [5.74, 6) is 0.594. The molecule has 0 aliphatic heterocycles. The summed E-state index contributed by atoms with van der Waals surface area (Å²) in [7, 11) is 1.91. The highest BCUT2D eigenvalue weighted by Gasteiger charge is 2.19. The maximum atomic E-state index is 5.60. The van der Waals surface area contributed by atoms with E-state index in [0.717, 1.165) is 21.7 Å². The molecule has 0 spiro atoms. The minimum atomic E-state index is 0.472. The van der Waals surface area contributed by atoms with Crippen molar-refractivity contribution in [3.05, 3.63) is 22.2 Å². The lowest BCUT2D eigenvalue weighted by atomic mass is 9.96. The first-order chi connectivity index (χ1) is 10.6. The number of imidazole rings is 1. The van der Waals surface area contributed by atoms with E-state index in [2.05, 4.69) is 25.0 Å². The van der Waals surface area contributed by atoms with Gasteiger partial charge < -0.3 is 4.57 Å². The highest BCUT2D eigenvalue weighted by atomic mass is 32.1. The molecule has 22 heavy (non-hydrogen) atoms. The maximum Gasteiger partial charge on any atom is 0.249 e. The number of rotatable bonds is 3. The third-order valence-electron chi connectivity index (χ3n) is 4.22. The van der Waals surface area contributed by atoms with Crippen LogP contribution in [0.3, 0.4) is 0 Å². The predicted octanol–water partition coefficient (Wildman–Crippen LogP) is 4.82. The van der Waals surface area contributed by atoms with Crippen LogP contribution in [0.4, 0.5) is 11.6 Å². The number of hydrogen-bond donors (Lipinski definition) is 1. The third kappa shape index (κ3) is 2.90. The molecule has 1 aliphatic rings. The number of H-pyrrole nitrogens is 1. The molecule has 1 N–H and O–H groups in total. The van der Waals surface area contributed by atoms with Crippen LogP contribution in [-0.2, 0) is 7.05 Å². The van der Waals surface area contributed by atoms with Crippen LogP contribution in [-0.4, -0.2) is 19.3 Å². The number of nitrogens with one attached hydrogen (secondary N) is 1. The van der Waals surface area contributed by atoms with Gasteiger partial charge in [-0.25, -0.2) is 4.98 Å². The van der Waals surface area contributed by atoms with Crippen LogP contribution in [0.5, 0.6) is 0 Å². The average molecular weight is 318 g/mol. The molecule has 1 saturated carbocycles. The summed E-state index contributed by atoms with van der Waals surface area (Å²) in [6, 6.07) is 0.472. The minimum Gasteiger partial charge on any atom is -0.317 e. The number of azo groups is 1. The quantitative estimate of drug-likeness (QED) is 0.651. The second kappa shape index (κ2) is 6.16. The van der Waals surface area contributed by atoms with E-state index < -0.39 is 0 Å². The first kappa shape index (κ1) is 15.1. The van der Waals surface area contributed by atoms with Gasteiger partial charge in [0.05, 0.1) is 17.4 Å². The lowest BCUT2D eigenvalue weighted by Gasteiger charge is -2.22. The highest BCUT2D eigenvalue weighted by molar-refractivity contribution is 7.71. The molecule has 1 fully saturated rings. The molecule has 7 heteroatoms. The summed E-state index contributed by atoms with van der Waals surface area (Å²) in [5.41, 5.74) is 2.64. The van der Waals surface area contributed by atoms with Crippen LogP contribution in [0.2, 0.25) is 0 Å². The van der Waals surface area contributed by atoms with Crippen LogP contribution in [0, 0.1) is 18.5 Å². The van der Waals surface area contributed by atoms with Crippen molar-refractivity contribution < 1.29 is 0 Å². The van der Waals surface area contributed by atoms with Crippen molar-refractivity contribution in [2.24, 2.45) is 17.3 Å². The number of aromatic amines is 1. The molecule has 118 valence electrons. The summed E-state index contributed by atoms with van der Waals surface area (Å²) in [6.45, 7) is 3.93. The Labute approximate surface area is 135 Å². The topological polar surface area (TPSA) is 63.3 Å². The Kier molecular flexibility index (Phi) is 4.24. The molecule has 3 rings (SSSR count). The summed E-state index contributed by atoms with van der Waals surface area (Å²) in [5, 5.41) is 12.0. The summed E-state index contributed by atoms with van der Waals surface area (Å²) >= 11 is 5.60. The van der Waals surface area contributed by atoms with Gasteiger partial charge in [-0.2, -0.15) is 0 Å². The zero-order chi connectivity index (χ0) is 15.7. The van der Waals surface area contributed by atoms with Crippen molar-refractivity contribution in [3.63, 3.8) is 0 Å². The van der Waals surface area contributed by atoms with E-state index in [4.69, 9.17) is 12.2 Å². The molecule has 6 nitrogen and oxygen atoms in total.